The molecule has 0 aliphatic heterocycles. The van der Waals surface area contributed by atoms with Crippen molar-refractivity contribution in [3.8, 4) is 0 Å². The minimum Gasteiger partial charge on any atom is -0.264 e. The molecule has 2 heterocycles. The van der Waals surface area contributed by atoms with E-state index in [-0.39, 0.29) is 0 Å². The zero-order valence-electron chi connectivity index (χ0n) is 19.4. The molecule has 1 unspecified atom stereocenters. The van der Waals surface area contributed by atoms with Crippen molar-refractivity contribution in [2.24, 2.45) is 0 Å². The average molecular weight is 473 g/mol. The summed E-state index contributed by atoms with van der Waals surface area (Å²) in [6.07, 6.45) is 8.97. The van der Waals surface area contributed by atoms with Gasteiger partial charge in [0.15, 0.2) is 0 Å². The summed E-state index contributed by atoms with van der Waals surface area (Å²) >= 11 is 6.21. The van der Waals surface area contributed by atoms with Gasteiger partial charge in [-0.25, -0.2) is 0 Å². The first-order valence-electron chi connectivity index (χ1n) is 12.1. The molecule has 0 bridgehead atoms. The Morgan fingerprint density at radius 2 is 1.49 bits per heavy atom. The second-order valence-electron chi connectivity index (χ2n) is 9.08. The van der Waals surface area contributed by atoms with Crippen LogP contribution in [0.1, 0.15) is 35.6 Å². The van der Waals surface area contributed by atoms with E-state index in [1.54, 1.807) is 0 Å². The second-order valence-corrected chi connectivity index (χ2v) is 9.52. The molecular weight excluding hydrogens is 448 g/mol. The van der Waals surface area contributed by atoms with E-state index >= 15 is 0 Å². The molecule has 4 aromatic carbocycles. The molecule has 35 heavy (non-hydrogen) atoms. The Morgan fingerprint density at radius 1 is 0.686 bits per heavy atom. The van der Waals surface area contributed by atoms with Crippen LogP contribution < -0.4 is 0 Å². The second kappa shape index (κ2) is 9.48. The summed E-state index contributed by atoms with van der Waals surface area (Å²) in [5.41, 5.74) is 4.00. The lowest BCUT2D eigenvalue weighted by molar-refractivity contribution is 0.607. The summed E-state index contributed by atoms with van der Waals surface area (Å²) in [6, 6.07) is 31.9. The number of aryl methyl sites for hydroxylation is 1. The summed E-state index contributed by atoms with van der Waals surface area (Å²) < 4.78 is 0. The number of hydrogen-bond donors (Lipinski definition) is 0. The lowest BCUT2D eigenvalue weighted by Crippen LogP contribution is -2.12. The van der Waals surface area contributed by atoms with E-state index in [0.29, 0.717) is 5.92 Å². The fourth-order valence-corrected chi connectivity index (χ4v) is 5.53. The lowest BCUT2D eigenvalue weighted by Gasteiger charge is -2.27. The van der Waals surface area contributed by atoms with Crippen LogP contribution in [0.4, 0.5) is 0 Å². The van der Waals surface area contributed by atoms with Crippen molar-refractivity contribution in [2.45, 2.75) is 25.2 Å². The van der Waals surface area contributed by atoms with Gasteiger partial charge in [0, 0.05) is 35.2 Å². The lowest BCUT2D eigenvalue weighted by atomic mass is 9.78. The van der Waals surface area contributed by atoms with Gasteiger partial charge in [0.2, 0.25) is 0 Å². The van der Waals surface area contributed by atoms with Crippen LogP contribution in [0.3, 0.4) is 0 Å². The summed E-state index contributed by atoms with van der Waals surface area (Å²) in [4.78, 5) is 8.62. The molecule has 7 rings (SSSR count). The highest BCUT2D eigenvalue weighted by Crippen LogP contribution is 2.40. The number of benzene rings is 4. The van der Waals surface area contributed by atoms with Crippen LogP contribution in [-0.4, -0.2) is 9.97 Å². The molecule has 0 saturated heterocycles. The predicted octanol–water partition coefficient (Wildman–Crippen LogP) is 8.74. The number of aromatic nitrogens is 2. The summed E-state index contributed by atoms with van der Waals surface area (Å²) in [5.74, 6) is 0.346. The summed E-state index contributed by atoms with van der Waals surface area (Å²) in [5, 5.41) is 8.61. The highest BCUT2D eigenvalue weighted by molar-refractivity contribution is 6.30. The van der Waals surface area contributed by atoms with Crippen molar-refractivity contribution >= 4 is 43.9 Å². The van der Waals surface area contributed by atoms with E-state index in [1.165, 1.54) is 49.9 Å². The van der Waals surface area contributed by atoms with E-state index in [4.69, 9.17) is 11.6 Å². The van der Waals surface area contributed by atoms with Crippen LogP contribution in [0.5, 0.6) is 0 Å². The Bertz CT molecular complexity index is 1590. The maximum Gasteiger partial charge on any atom is 0.0493 e. The highest BCUT2D eigenvalue weighted by atomic mass is 35.5. The number of pyridine rings is 2. The Kier molecular flexibility index (Phi) is 5.89. The number of halogens is 1. The van der Waals surface area contributed by atoms with E-state index in [9.17, 15) is 0 Å². The molecule has 0 N–H and O–H groups in total. The van der Waals surface area contributed by atoms with Gasteiger partial charge in [-0.2, -0.15) is 0 Å². The smallest absolute Gasteiger partial charge is 0.0493 e. The van der Waals surface area contributed by atoms with E-state index in [2.05, 4.69) is 70.6 Å². The average Bonchev–Trinajstić information content (AvgIpc) is 2.93. The van der Waals surface area contributed by atoms with E-state index in [1.807, 2.05) is 48.9 Å². The van der Waals surface area contributed by atoms with Gasteiger partial charge in [0.1, 0.15) is 0 Å². The maximum absolute atomic E-state index is 6.21. The van der Waals surface area contributed by atoms with Crippen LogP contribution in [0, 0.1) is 0 Å². The summed E-state index contributed by atoms with van der Waals surface area (Å²) in [6.45, 7) is 0. The van der Waals surface area contributed by atoms with Crippen molar-refractivity contribution in [3.05, 3.63) is 131 Å². The molecule has 1 aliphatic rings. The molecule has 0 spiro atoms. The third-order valence-electron chi connectivity index (χ3n) is 7.02. The van der Waals surface area contributed by atoms with Gasteiger partial charge in [0.25, 0.3) is 0 Å². The largest absolute Gasteiger partial charge is 0.264 e. The Labute approximate surface area is 210 Å². The molecule has 0 fully saturated rings. The van der Waals surface area contributed by atoms with E-state index < -0.39 is 0 Å². The Morgan fingerprint density at radius 3 is 2.34 bits per heavy atom. The van der Waals surface area contributed by atoms with Gasteiger partial charge in [-0.3, -0.25) is 9.97 Å². The number of fused-ring (bicyclic) bond motifs is 6. The first-order chi connectivity index (χ1) is 17.3. The normalized spacial score (nSPS) is 14.9. The molecule has 0 radical (unpaired) electrons. The zero-order valence-corrected chi connectivity index (χ0v) is 20.1. The Balaban J connectivity index is 0.000000191. The molecule has 1 atom stereocenters. The quantitative estimate of drug-likeness (QED) is 0.223. The Hall–Kier alpha value is -3.75. The number of hydrogen-bond acceptors (Lipinski definition) is 2. The van der Waals surface area contributed by atoms with Gasteiger partial charge in [0.05, 0.1) is 0 Å². The van der Waals surface area contributed by atoms with E-state index in [0.717, 1.165) is 23.6 Å². The third-order valence-corrected chi connectivity index (χ3v) is 7.25. The standard InChI is InChI=1S/C23H18ClN.C9H7N/c24-16-12-13-25-23(14-16)22-7-3-6-18-20-9-8-15-4-1-2-5-17(15)19(20)10-11-21(18)22;1-2-4-9-7-10-6-5-8(9)3-1/h1-2,4-5,8-14,22H,3,6-7H2;1-7H. The third kappa shape index (κ3) is 4.26. The monoisotopic (exact) mass is 472 g/mol. The first kappa shape index (κ1) is 21.8. The molecule has 2 aromatic heterocycles. The van der Waals surface area contributed by atoms with Crippen LogP contribution in [0.2, 0.25) is 5.02 Å². The fraction of sp³-hybridized carbons (Fsp3) is 0.125. The molecule has 0 amide bonds. The van der Waals surface area contributed by atoms with Gasteiger partial charge in [-0.15, -0.1) is 0 Å². The highest BCUT2D eigenvalue weighted by Gasteiger charge is 2.24. The zero-order chi connectivity index (χ0) is 23.6. The fourth-order valence-electron chi connectivity index (χ4n) is 5.36. The minimum absolute atomic E-state index is 0.346. The molecule has 3 heteroatoms. The van der Waals surface area contributed by atoms with Gasteiger partial charge >= 0.3 is 0 Å². The summed E-state index contributed by atoms with van der Waals surface area (Å²) in [7, 11) is 0. The van der Waals surface area contributed by atoms with Crippen molar-refractivity contribution in [3.63, 3.8) is 0 Å². The molecule has 0 saturated carbocycles. The molecule has 170 valence electrons. The van der Waals surface area contributed by atoms with Crippen molar-refractivity contribution in [2.75, 3.05) is 0 Å². The van der Waals surface area contributed by atoms with Crippen molar-refractivity contribution in [1.29, 1.82) is 0 Å². The maximum atomic E-state index is 6.21. The van der Waals surface area contributed by atoms with Crippen LogP contribution >= 0.6 is 11.6 Å². The first-order valence-corrected chi connectivity index (χ1v) is 12.5. The van der Waals surface area contributed by atoms with Crippen LogP contribution in [-0.2, 0) is 6.42 Å². The topological polar surface area (TPSA) is 25.8 Å². The van der Waals surface area contributed by atoms with Crippen molar-refractivity contribution in [1.82, 2.24) is 9.97 Å². The number of rotatable bonds is 1. The van der Waals surface area contributed by atoms with Gasteiger partial charge < -0.3 is 0 Å². The van der Waals surface area contributed by atoms with Crippen LogP contribution in [0.25, 0.3) is 32.3 Å². The molecule has 1 aliphatic carbocycles. The van der Waals surface area contributed by atoms with Gasteiger partial charge in [-0.05, 0) is 80.9 Å². The molecule has 2 nitrogen and oxygen atoms in total. The SMILES string of the molecule is Clc1ccnc(C2CCCc3c2ccc2c3ccc3ccccc32)c1.c1ccc2cnccc2c1. The number of nitrogens with zero attached hydrogens (tertiary/aromatic N) is 2. The van der Waals surface area contributed by atoms with Crippen LogP contribution in [0.15, 0.2) is 110 Å². The van der Waals surface area contributed by atoms with Gasteiger partial charge in [-0.1, -0.05) is 84.4 Å². The van der Waals surface area contributed by atoms with Crippen molar-refractivity contribution < 1.29 is 0 Å². The molecular formula is C32H25ClN2. The molecule has 6 aromatic rings. The predicted molar refractivity (Wildman–Crippen MR) is 147 cm³/mol. The minimum atomic E-state index is 0.346.